The van der Waals surface area contributed by atoms with Gasteiger partial charge in [-0.2, -0.15) is 5.10 Å². The molecular formula is C20H30N6O2. The Morgan fingerprint density at radius 2 is 2.25 bits per heavy atom. The number of rotatable bonds is 7. The minimum Gasteiger partial charge on any atom is -0.478 e. The molecule has 2 aromatic rings. The summed E-state index contributed by atoms with van der Waals surface area (Å²) in [6.07, 6.45) is 6.68. The van der Waals surface area contributed by atoms with Crippen molar-refractivity contribution in [3.63, 3.8) is 0 Å². The quantitative estimate of drug-likeness (QED) is 0.580. The number of hydrogen-bond acceptors (Lipinski definition) is 5. The van der Waals surface area contributed by atoms with Crippen LogP contribution in [0.2, 0.25) is 0 Å². The van der Waals surface area contributed by atoms with Crippen molar-refractivity contribution in [2.45, 2.75) is 32.9 Å². The number of aryl methyl sites for hydroxylation is 1. The molecular weight excluding hydrogens is 356 g/mol. The van der Waals surface area contributed by atoms with Crippen LogP contribution in [-0.4, -0.2) is 58.5 Å². The van der Waals surface area contributed by atoms with E-state index in [1.165, 1.54) is 0 Å². The third kappa shape index (κ3) is 5.45. The van der Waals surface area contributed by atoms with Gasteiger partial charge < -0.3 is 19.7 Å². The van der Waals surface area contributed by atoms with Crippen LogP contribution >= 0.6 is 0 Å². The van der Waals surface area contributed by atoms with Gasteiger partial charge in [0.2, 0.25) is 5.88 Å². The van der Waals surface area contributed by atoms with Gasteiger partial charge in [-0.1, -0.05) is 13.0 Å². The molecule has 1 aliphatic rings. The lowest BCUT2D eigenvalue weighted by Crippen LogP contribution is -2.48. The maximum Gasteiger partial charge on any atom is 0.213 e. The summed E-state index contributed by atoms with van der Waals surface area (Å²) in [5.74, 6) is 1.56. The Labute approximate surface area is 166 Å². The third-order valence-electron chi connectivity index (χ3n) is 4.46. The molecule has 1 saturated heterocycles. The molecule has 8 nitrogen and oxygen atoms in total. The minimum atomic E-state index is 0.00275. The molecule has 3 heterocycles. The molecule has 0 spiro atoms. The summed E-state index contributed by atoms with van der Waals surface area (Å²) in [4.78, 5) is 11.4. The number of aliphatic imine (C=N–C) groups is 1. The van der Waals surface area contributed by atoms with Crippen LogP contribution in [-0.2, 0) is 18.3 Å². The van der Waals surface area contributed by atoms with Crippen molar-refractivity contribution >= 4 is 5.96 Å². The van der Waals surface area contributed by atoms with E-state index in [0.717, 1.165) is 43.1 Å². The Bertz CT molecular complexity index is 758. The van der Waals surface area contributed by atoms with Crippen molar-refractivity contribution in [1.82, 2.24) is 25.0 Å². The molecule has 152 valence electrons. The monoisotopic (exact) mass is 386 g/mol. The summed E-state index contributed by atoms with van der Waals surface area (Å²) in [6, 6.07) is 3.92. The maximum atomic E-state index is 5.94. The van der Waals surface area contributed by atoms with E-state index in [2.05, 4.69) is 34.1 Å². The highest BCUT2D eigenvalue weighted by Gasteiger charge is 2.25. The molecule has 0 bridgehead atoms. The van der Waals surface area contributed by atoms with Gasteiger partial charge in [0.15, 0.2) is 5.96 Å². The number of guanidine groups is 1. The van der Waals surface area contributed by atoms with Crippen LogP contribution in [0.1, 0.15) is 37.5 Å². The second-order valence-corrected chi connectivity index (χ2v) is 6.78. The highest BCUT2D eigenvalue weighted by molar-refractivity contribution is 5.80. The first-order chi connectivity index (χ1) is 13.7. The third-order valence-corrected chi connectivity index (χ3v) is 4.46. The van der Waals surface area contributed by atoms with Crippen LogP contribution in [0.15, 0.2) is 35.7 Å². The Morgan fingerprint density at radius 3 is 2.93 bits per heavy atom. The van der Waals surface area contributed by atoms with Gasteiger partial charge in [-0.05, 0) is 18.9 Å². The Morgan fingerprint density at radius 1 is 1.36 bits per heavy atom. The fraction of sp³-hybridized carbons (Fsp3) is 0.550. The summed E-state index contributed by atoms with van der Waals surface area (Å²) in [5, 5.41) is 7.65. The predicted octanol–water partition coefficient (Wildman–Crippen LogP) is 2.14. The normalized spacial score (nSPS) is 17.6. The predicted molar refractivity (Wildman–Crippen MR) is 108 cm³/mol. The molecule has 1 fully saturated rings. The Hall–Kier alpha value is -2.61. The van der Waals surface area contributed by atoms with Crippen molar-refractivity contribution in [3.8, 4) is 5.88 Å². The van der Waals surface area contributed by atoms with Gasteiger partial charge in [0.05, 0.1) is 32.5 Å². The lowest BCUT2D eigenvalue weighted by atomic mass is 10.1. The molecule has 1 unspecified atom stereocenters. The van der Waals surface area contributed by atoms with Crippen LogP contribution in [0.25, 0.3) is 0 Å². The van der Waals surface area contributed by atoms with Crippen LogP contribution in [0.4, 0.5) is 0 Å². The van der Waals surface area contributed by atoms with E-state index in [1.807, 2.05) is 37.8 Å². The molecule has 1 atom stereocenters. The van der Waals surface area contributed by atoms with Crippen molar-refractivity contribution in [2.75, 3.05) is 32.8 Å². The van der Waals surface area contributed by atoms with E-state index in [1.54, 1.807) is 4.68 Å². The number of morpholine rings is 1. The van der Waals surface area contributed by atoms with Crippen molar-refractivity contribution < 1.29 is 9.47 Å². The maximum absolute atomic E-state index is 5.94. The second kappa shape index (κ2) is 10.1. The number of nitrogens with one attached hydrogen (secondary N) is 1. The SMILES string of the molecule is CCCOc1ccc(CN=C(NCC)N2CCOC(c3cnn(C)c3)C2)cn1. The lowest BCUT2D eigenvalue weighted by Gasteiger charge is -2.34. The fourth-order valence-electron chi connectivity index (χ4n) is 3.04. The minimum absolute atomic E-state index is 0.00275. The first kappa shape index (κ1) is 20.1. The van der Waals surface area contributed by atoms with E-state index < -0.39 is 0 Å². The highest BCUT2D eigenvalue weighted by Crippen LogP contribution is 2.21. The molecule has 1 N–H and O–H groups in total. The summed E-state index contributed by atoms with van der Waals surface area (Å²) < 4.78 is 13.3. The van der Waals surface area contributed by atoms with Gasteiger partial charge in [0.1, 0.15) is 6.10 Å². The van der Waals surface area contributed by atoms with Gasteiger partial charge >= 0.3 is 0 Å². The smallest absolute Gasteiger partial charge is 0.213 e. The van der Waals surface area contributed by atoms with E-state index in [-0.39, 0.29) is 6.10 Å². The zero-order valence-electron chi connectivity index (χ0n) is 17.0. The number of aromatic nitrogens is 3. The Balaban J connectivity index is 1.64. The van der Waals surface area contributed by atoms with Crippen LogP contribution in [0.5, 0.6) is 5.88 Å². The summed E-state index contributed by atoms with van der Waals surface area (Å²) in [7, 11) is 1.92. The van der Waals surface area contributed by atoms with Gasteiger partial charge in [-0.15, -0.1) is 0 Å². The van der Waals surface area contributed by atoms with Gasteiger partial charge in [-0.25, -0.2) is 9.98 Å². The molecule has 0 aliphatic carbocycles. The van der Waals surface area contributed by atoms with Crippen LogP contribution in [0.3, 0.4) is 0 Å². The van der Waals surface area contributed by atoms with Crippen molar-refractivity contribution in [1.29, 1.82) is 0 Å². The standard InChI is InChI=1S/C20H30N6O2/c1-4-9-28-19-7-6-16(11-22-19)12-23-20(21-5-2)26-8-10-27-18(15-26)17-13-24-25(3)14-17/h6-7,11,13-14,18H,4-5,8-10,12,15H2,1-3H3,(H,21,23). The molecule has 0 radical (unpaired) electrons. The van der Waals surface area contributed by atoms with Crippen molar-refractivity contribution in [2.24, 2.45) is 12.0 Å². The molecule has 8 heteroatoms. The first-order valence-corrected chi connectivity index (χ1v) is 9.90. The summed E-state index contributed by atoms with van der Waals surface area (Å²) in [5.41, 5.74) is 2.14. The largest absolute Gasteiger partial charge is 0.478 e. The number of pyridine rings is 1. The number of ether oxygens (including phenoxy) is 2. The molecule has 28 heavy (non-hydrogen) atoms. The second-order valence-electron chi connectivity index (χ2n) is 6.78. The molecule has 0 aromatic carbocycles. The zero-order chi connectivity index (χ0) is 19.8. The molecule has 3 rings (SSSR count). The summed E-state index contributed by atoms with van der Waals surface area (Å²) in [6.45, 7) is 8.45. The zero-order valence-corrected chi connectivity index (χ0v) is 17.0. The highest BCUT2D eigenvalue weighted by atomic mass is 16.5. The number of hydrogen-bond donors (Lipinski definition) is 1. The van der Waals surface area contributed by atoms with E-state index in [9.17, 15) is 0 Å². The first-order valence-electron chi connectivity index (χ1n) is 9.90. The van der Waals surface area contributed by atoms with E-state index >= 15 is 0 Å². The Kier molecular flexibility index (Phi) is 7.25. The summed E-state index contributed by atoms with van der Waals surface area (Å²) >= 11 is 0. The van der Waals surface area contributed by atoms with Gasteiger partial charge in [0, 0.05) is 44.2 Å². The molecule has 1 aliphatic heterocycles. The fourth-order valence-corrected chi connectivity index (χ4v) is 3.04. The average molecular weight is 387 g/mol. The molecule has 2 aromatic heterocycles. The lowest BCUT2D eigenvalue weighted by molar-refractivity contribution is -0.00805. The topological polar surface area (TPSA) is 76.8 Å². The molecule has 0 saturated carbocycles. The van der Waals surface area contributed by atoms with Crippen LogP contribution in [0, 0.1) is 0 Å². The average Bonchev–Trinajstić information content (AvgIpc) is 3.17. The number of nitrogens with zero attached hydrogens (tertiary/aromatic N) is 5. The van der Waals surface area contributed by atoms with Gasteiger partial charge in [0.25, 0.3) is 0 Å². The van der Waals surface area contributed by atoms with E-state index in [4.69, 9.17) is 14.5 Å². The van der Waals surface area contributed by atoms with Crippen molar-refractivity contribution in [3.05, 3.63) is 41.9 Å². The molecule has 0 amide bonds. The van der Waals surface area contributed by atoms with Crippen LogP contribution < -0.4 is 10.1 Å². The van der Waals surface area contributed by atoms with Gasteiger partial charge in [-0.3, -0.25) is 4.68 Å². The van der Waals surface area contributed by atoms with E-state index in [0.29, 0.717) is 25.6 Å².